The Balaban J connectivity index is 0.00000288. The van der Waals surface area contributed by atoms with E-state index in [2.05, 4.69) is 6.08 Å². The molecule has 0 saturated carbocycles. The summed E-state index contributed by atoms with van der Waals surface area (Å²) in [5, 5.41) is 8.73. The van der Waals surface area contributed by atoms with Gasteiger partial charge in [-0.1, -0.05) is 13.3 Å². The monoisotopic (exact) mass is 428 g/mol. The van der Waals surface area contributed by atoms with Crippen molar-refractivity contribution in [2.45, 2.75) is 19.8 Å². The number of carbonyl (C=O) groups excluding carboxylic acids is 1. The second-order valence-corrected chi connectivity index (χ2v) is 5.47. The van der Waals surface area contributed by atoms with E-state index in [-0.39, 0.29) is 55.9 Å². The number of ether oxygens (including phenoxy) is 1. The Hall–Kier alpha value is -1.03. The van der Waals surface area contributed by atoms with Crippen molar-refractivity contribution in [1.82, 2.24) is 4.90 Å². The van der Waals surface area contributed by atoms with Gasteiger partial charge in [-0.25, -0.2) is 14.9 Å². The van der Waals surface area contributed by atoms with E-state index in [1.54, 1.807) is 19.1 Å². The fraction of sp³-hybridized carbons (Fsp3) is 0.375. The number of allylic oxidation sites excluding steroid dienone is 1. The van der Waals surface area contributed by atoms with E-state index in [9.17, 15) is 13.6 Å². The zero-order valence-electron chi connectivity index (χ0n) is 12.9. The summed E-state index contributed by atoms with van der Waals surface area (Å²) in [4.78, 5) is 13.2. The largest absolute Gasteiger partial charge is 0.479 e. The molecule has 125 valence electrons. The Kier molecular flexibility index (Phi) is 8.28. The van der Waals surface area contributed by atoms with E-state index >= 15 is 0 Å². The van der Waals surface area contributed by atoms with Crippen LogP contribution in [0.5, 0.6) is 5.75 Å². The maximum Gasteiger partial charge on any atom is 0.256 e. The van der Waals surface area contributed by atoms with Crippen LogP contribution in [-0.2, 0) is 37.5 Å². The van der Waals surface area contributed by atoms with Gasteiger partial charge in [0.15, 0.2) is 6.61 Å². The summed E-state index contributed by atoms with van der Waals surface area (Å²) in [7, 11) is 0. The van der Waals surface area contributed by atoms with Crippen LogP contribution in [0.3, 0.4) is 0 Å². The summed E-state index contributed by atoms with van der Waals surface area (Å²) in [5.74, 6) is -0.383. The molecule has 2 rings (SSSR count). The topological polar surface area (TPSA) is 53.3 Å². The van der Waals surface area contributed by atoms with Crippen molar-refractivity contribution in [3.05, 3.63) is 34.9 Å². The Morgan fingerprint density at radius 3 is 2.83 bits per heavy atom. The molecule has 24 heavy (non-hydrogen) atoms. The number of hydrogen-bond acceptors (Lipinski definition) is 3. The maximum absolute atomic E-state index is 12.8. The van der Waals surface area contributed by atoms with Crippen molar-refractivity contribution >= 4 is 23.2 Å². The van der Waals surface area contributed by atoms with Crippen molar-refractivity contribution < 1.29 is 51.0 Å². The molecule has 1 atom stereocenters. The van der Waals surface area contributed by atoms with E-state index in [4.69, 9.17) is 21.6 Å². The van der Waals surface area contributed by atoms with Gasteiger partial charge in [0.1, 0.15) is 11.8 Å². The molecular formula is C16H14ClF2N2O2Y-. The third-order valence-electron chi connectivity index (χ3n) is 3.35. The molecule has 8 heteroatoms. The first-order valence-electron chi connectivity index (χ1n) is 6.94. The molecule has 1 heterocycles. The molecule has 0 N–H and O–H groups in total. The number of nitrogens with zero attached hydrogens (tertiary/aromatic N) is 2. The molecule has 0 saturated heterocycles. The van der Waals surface area contributed by atoms with Crippen molar-refractivity contribution in [2.24, 2.45) is 5.92 Å². The van der Waals surface area contributed by atoms with E-state index in [0.717, 1.165) is 4.90 Å². The Labute approximate surface area is 169 Å². The van der Waals surface area contributed by atoms with Gasteiger partial charge in [-0.05, 0) is 17.2 Å². The minimum absolute atomic E-state index is 0. The van der Waals surface area contributed by atoms with Crippen LogP contribution in [0.15, 0.2) is 18.2 Å². The predicted octanol–water partition coefficient (Wildman–Crippen LogP) is 3.52. The van der Waals surface area contributed by atoms with Crippen LogP contribution in [0.4, 0.5) is 8.78 Å². The molecule has 4 nitrogen and oxygen atoms in total. The average molecular weight is 429 g/mol. The molecule has 0 bridgehead atoms. The van der Waals surface area contributed by atoms with Crippen molar-refractivity contribution in [3.63, 3.8) is 0 Å². The quantitative estimate of drug-likeness (QED) is 0.674. The van der Waals surface area contributed by atoms with Gasteiger partial charge in [0, 0.05) is 38.6 Å². The molecule has 0 fully saturated rings. The number of benzene rings is 1. The summed E-state index contributed by atoms with van der Waals surface area (Å²) >= 11 is 6.18. The minimum Gasteiger partial charge on any atom is -0.479 e. The van der Waals surface area contributed by atoms with E-state index in [1.807, 2.05) is 6.07 Å². The van der Waals surface area contributed by atoms with Crippen molar-refractivity contribution in [1.29, 1.82) is 5.26 Å². The normalized spacial score (nSPS) is 17.2. The summed E-state index contributed by atoms with van der Waals surface area (Å²) in [6.45, 7) is 0.845. The summed E-state index contributed by atoms with van der Waals surface area (Å²) in [6, 6.07) is 6.45. The first kappa shape index (κ1) is 21.0. The van der Waals surface area contributed by atoms with Gasteiger partial charge in [0.25, 0.3) is 6.43 Å². The molecule has 1 aliphatic heterocycles. The van der Waals surface area contributed by atoms with Crippen LogP contribution < -0.4 is 4.74 Å². The molecule has 0 aromatic heterocycles. The molecule has 0 aliphatic carbocycles. The third-order valence-corrected chi connectivity index (χ3v) is 3.67. The van der Waals surface area contributed by atoms with E-state index in [1.165, 1.54) is 6.07 Å². The number of amides is 1. The minimum atomic E-state index is -2.65. The number of alkyl halides is 2. The summed E-state index contributed by atoms with van der Waals surface area (Å²) < 4.78 is 30.7. The molecule has 1 aromatic rings. The summed E-state index contributed by atoms with van der Waals surface area (Å²) in [6.07, 6.45) is 0.675. The zero-order valence-corrected chi connectivity index (χ0v) is 16.5. The van der Waals surface area contributed by atoms with Gasteiger partial charge in [0.05, 0.1) is 6.54 Å². The van der Waals surface area contributed by atoms with E-state index in [0.29, 0.717) is 17.7 Å². The Morgan fingerprint density at radius 1 is 1.54 bits per heavy atom. The summed E-state index contributed by atoms with van der Waals surface area (Å²) in [5.41, 5.74) is 0.683. The standard InChI is InChI=1S/C16H14ClF2N2O2.Y/c1-10-2-5-14(21(16(10)22)9-15(18)19)12-4-3-11(8-13(12)17)23-7-6-20;/h3-4,8,10,15H,2,7,9H2,1H3;/q-1;. The van der Waals surface area contributed by atoms with Crippen LogP contribution in [-0.4, -0.2) is 30.4 Å². The molecule has 1 unspecified atom stereocenters. The predicted molar refractivity (Wildman–Crippen MR) is 80.7 cm³/mol. The number of halogens is 3. The second-order valence-electron chi connectivity index (χ2n) is 5.06. The van der Waals surface area contributed by atoms with E-state index < -0.39 is 18.9 Å². The molecule has 1 amide bonds. The van der Waals surface area contributed by atoms with Gasteiger partial charge in [0.2, 0.25) is 5.91 Å². The van der Waals surface area contributed by atoms with Crippen LogP contribution in [0.2, 0.25) is 5.02 Å². The fourth-order valence-corrected chi connectivity index (χ4v) is 2.52. The SMILES string of the molecule is CC1C[C-]=C(c2ccc(OCC#N)cc2Cl)N(CC(F)F)C1=O.[Y]. The van der Waals surface area contributed by atoms with Gasteiger partial charge in [-0.15, -0.1) is 28.9 Å². The maximum atomic E-state index is 12.8. The third kappa shape index (κ3) is 4.98. The fourth-order valence-electron chi connectivity index (χ4n) is 2.26. The number of nitriles is 1. The zero-order chi connectivity index (χ0) is 17.0. The molecule has 1 aromatic carbocycles. The van der Waals surface area contributed by atoms with Gasteiger partial charge >= 0.3 is 0 Å². The molecular weight excluding hydrogens is 415 g/mol. The first-order valence-corrected chi connectivity index (χ1v) is 7.32. The van der Waals surface area contributed by atoms with Crippen LogP contribution >= 0.6 is 11.6 Å². The van der Waals surface area contributed by atoms with Crippen LogP contribution in [0, 0.1) is 23.3 Å². The van der Waals surface area contributed by atoms with Crippen molar-refractivity contribution in [3.8, 4) is 11.8 Å². The number of rotatable bonds is 5. The average Bonchev–Trinajstić information content (AvgIpc) is 2.50. The van der Waals surface area contributed by atoms with Crippen LogP contribution in [0.1, 0.15) is 18.9 Å². The smallest absolute Gasteiger partial charge is 0.256 e. The van der Waals surface area contributed by atoms with Gasteiger partial charge in [-0.2, -0.15) is 5.26 Å². The first-order chi connectivity index (χ1) is 10.9. The molecule has 1 aliphatic rings. The van der Waals surface area contributed by atoms with Crippen molar-refractivity contribution in [2.75, 3.05) is 13.2 Å². The second kappa shape index (κ2) is 9.46. The molecule has 1 radical (unpaired) electrons. The number of hydrogen-bond donors (Lipinski definition) is 0. The van der Waals surface area contributed by atoms with Crippen LogP contribution in [0.25, 0.3) is 5.70 Å². The Morgan fingerprint density at radius 2 is 2.25 bits per heavy atom. The van der Waals surface area contributed by atoms with Gasteiger partial charge in [-0.3, -0.25) is 4.79 Å². The molecule has 0 spiro atoms. The Bertz CT molecular complexity index is 677. The van der Waals surface area contributed by atoms with Gasteiger partial charge < -0.3 is 9.64 Å². The number of carbonyl (C=O) groups is 1.